The van der Waals surface area contributed by atoms with Crippen molar-refractivity contribution in [2.75, 3.05) is 20.6 Å². The number of nitrogens with one attached hydrogen (secondary N) is 1. The van der Waals surface area contributed by atoms with E-state index in [1.54, 1.807) is 0 Å². The van der Waals surface area contributed by atoms with E-state index in [1.165, 1.54) is 17.9 Å². The van der Waals surface area contributed by atoms with E-state index < -0.39 is 10.4 Å². The van der Waals surface area contributed by atoms with Crippen molar-refractivity contribution in [2.45, 2.75) is 13.3 Å². The van der Waals surface area contributed by atoms with Crippen LogP contribution in [0.1, 0.15) is 13.3 Å². The zero-order valence-electron chi connectivity index (χ0n) is 6.96. The van der Waals surface area contributed by atoms with Crippen LogP contribution >= 0.6 is 0 Å². The van der Waals surface area contributed by atoms with E-state index in [4.69, 9.17) is 17.5 Å². The summed E-state index contributed by atoms with van der Waals surface area (Å²) < 4.78 is 34.1. The van der Waals surface area contributed by atoms with Gasteiger partial charge in [0.2, 0.25) is 0 Å². The fourth-order valence-corrected chi connectivity index (χ4v) is 0.500. The number of hydrogen-bond donors (Lipinski definition) is 1. The third-order valence-corrected chi connectivity index (χ3v) is 0.750. The first kappa shape index (κ1) is 13.4. The van der Waals surface area contributed by atoms with Gasteiger partial charge in [-0.25, -0.2) is 0 Å². The Morgan fingerprint density at radius 1 is 1.27 bits per heavy atom. The highest BCUT2D eigenvalue weighted by Crippen LogP contribution is 1.58. The fourth-order valence-electron chi connectivity index (χ4n) is 0.500. The molecule has 0 saturated carbocycles. The van der Waals surface area contributed by atoms with Gasteiger partial charge in [0.15, 0.2) is 0 Å². The summed E-state index contributed by atoms with van der Waals surface area (Å²) in [5, 5.41) is 0. The Bertz CT molecular complexity index is 155. The van der Waals surface area contributed by atoms with Crippen LogP contribution in [0.5, 0.6) is 0 Å². The molecule has 0 aromatic heterocycles. The minimum atomic E-state index is -5.17. The van der Waals surface area contributed by atoms with Crippen LogP contribution in [0.4, 0.5) is 0 Å². The van der Waals surface area contributed by atoms with Gasteiger partial charge in [-0.15, -0.1) is 0 Å². The summed E-state index contributed by atoms with van der Waals surface area (Å²) in [7, 11) is -0.826. The van der Waals surface area contributed by atoms with Crippen LogP contribution in [-0.4, -0.2) is 38.2 Å². The topological polar surface area (TPSA) is 84.7 Å². The number of quaternary nitrogens is 1. The summed E-state index contributed by atoms with van der Waals surface area (Å²) in [6.07, 6.45) is 1.29. The third kappa shape index (κ3) is 75.2. The molecule has 0 aromatic carbocycles. The highest BCUT2D eigenvalue weighted by atomic mass is 32.3. The second-order valence-electron chi connectivity index (χ2n) is 2.37. The maximum absolute atomic E-state index is 8.52. The van der Waals surface area contributed by atoms with Crippen molar-refractivity contribution in [1.29, 1.82) is 0 Å². The van der Waals surface area contributed by atoms with Gasteiger partial charge in [-0.3, -0.25) is 8.42 Å². The van der Waals surface area contributed by atoms with Gasteiger partial charge in [0.25, 0.3) is 0 Å². The van der Waals surface area contributed by atoms with Crippen LogP contribution in [0.15, 0.2) is 0 Å². The van der Waals surface area contributed by atoms with E-state index >= 15 is 0 Å². The normalized spacial score (nSPS) is 10.7. The predicted octanol–water partition coefficient (Wildman–Crippen LogP) is -1.80. The molecule has 0 heterocycles. The van der Waals surface area contributed by atoms with E-state index in [0.29, 0.717) is 0 Å². The van der Waals surface area contributed by atoms with Gasteiger partial charge in [-0.05, 0) is 6.42 Å². The highest BCUT2D eigenvalue weighted by Gasteiger charge is 1.83. The Kier molecular flexibility index (Phi) is 7.97. The quantitative estimate of drug-likeness (QED) is 0.405. The molecule has 0 aliphatic rings. The Labute approximate surface area is 67.6 Å². The smallest absolute Gasteiger partial charge is 0.0764 e. The van der Waals surface area contributed by atoms with E-state index in [0.717, 1.165) is 0 Å². The summed E-state index contributed by atoms with van der Waals surface area (Å²) in [5.41, 5.74) is 0. The molecule has 0 radical (unpaired) electrons. The zero-order valence-corrected chi connectivity index (χ0v) is 7.77. The molecule has 0 fully saturated rings. The Balaban J connectivity index is 0. The minimum absolute atomic E-state index is 1.29. The van der Waals surface area contributed by atoms with Crippen LogP contribution in [0, 0.1) is 0 Å². The van der Waals surface area contributed by atoms with Gasteiger partial charge in [0, 0.05) is 10.4 Å². The first-order valence-electron chi connectivity index (χ1n) is 3.23. The van der Waals surface area contributed by atoms with Crippen molar-refractivity contribution in [3.05, 3.63) is 0 Å². The SMILES string of the molecule is CCC[NH+](C)C.O=S(=O)([O-])[O-]. The Morgan fingerprint density at radius 2 is 1.55 bits per heavy atom. The van der Waals surface area contributed by atoms with E-state index in [9.17, 15) is 0 Å². The molecule has 1 N–H and O–H groups in total. The lowest BCUT2D eigenvalue weighted by Gasteiger charge is -2.06. The summed E-state index contributed by atoms with van der Waals surface area (Å²) in [5.74, 6) is 0. The molecule has 0 unspecified atom stereocenters. The molecule has 0 spiro atoms. The van der Waals surface area contributed by atoms with Gasteiger partial charge in [0.05, 0.1) is 20.6 Å². The monoisotopic (exact) mass is 184 g/mol. The van der Waals surface area contributed by atoms with E-state index in [2.05, 4.69) is 21.0 Å². The number of rotatable bonds is 2. The van der Waals surface area contributed by atoms with Gasteiger partial charge < -0.3 is 14.0 Å². The van der Waals surface area contributed by atoms with Crippen molar-refractivity contribution < 1.29 is 22.4 Å². The average molecular weight is 184 g/mol. The summed E-state index contributed by atoms with van der Waals surface area (Å²) in [6, 6.07) is 0. The molecule has 0 aromatic rings. The molecule has 6 heteroatoms. The van der Waals surface area contributed by atoms with Gasteiger partial charge in [-0.2, -0.15) is 0 Å². The second kappa shape index (κ2) is 6.53. The van der Waals surface area contributed by atoms with Gasteiger partial charge >= 0.3 is 0 Å². The molecule has 0 aliphatic heterocycles. The van der Waals surface area contributed by atoms with Crippen molar-refractivity contribution in [3.63, 3.8) is 0 Å². The molecule has 5 nitrogen and oxygen atoms in total. The summed E-state index contributed by atoms with van der Waals surface area (Å²) >= 11 is 0. The predicted molar refractivity (Wildman–Crippen MR) is 38.4 cm³/mol. The molecule has 0 rings (SSSR count). The number of hydrogen-bond acceptors (Lipinski definition) is 4. The standard InChI is InChI=1S/C5H13N.H2O4S/c1-4-5-6(2)3;1-5(2,3)4/h4-5H2,1-3H3;(H2,1,2,3,4)/p-1. The molecular formula is C5H14NO4S-. The first-order valence-corrected chi connectivity index (χ1v) is 4.56. The molecule has 0 amide bonds. The van der Waals surface area contributed by atoms with E-state index in [-0.39, 0.29) is 0 Å². The molecule has 0 aliphatic carbocycles. The average Bonchev–Trinajstić information content (AvgIpc) is 1.58. The highest BCUT2D eigenvalue weighted by molar-refractivity contribution is 7.79. The fraction of sp³-hybridized carbons (Fsp3) is 1.00. The van der Waals surface area contributed by atoms with Crippen LogP contribution in [0.25, 0.3) is 0 Å². The molecule has 11 heavy (non-hydrogen) atoms. The summed E-state index contributed by atoms with van der Waals surface area (Å²) in [4.78, 5) is 1.54. The zero-order chi connectivity index (χ0) is 9.49. The molecule has 70 valence electrons. The molecule has 0 saturated heterocycles. The lowest BCUT2D eigenvalue weighted by molar-refractivity contribution is -0.858. The minimum Gasteiger partial charge on any atom is -0.759 e. The first-order chi connectivity index (χ1) is 4.77. The van der Waals surface area contributed by atoms with E-state index in [1.807, 2.05) is 0 Å². The van der Waals surface area contributed by atoms with Crippen LogP contribution in [0.2, 0.25) is 0 Å². The van der Waals surface area contributed by atoms with Crippen molar-refractivity contribution in [3.8, 4) is 0 Å². The molecule has 0 bridgehead atoms. The maximum atomic E-state index is 8.52. The maximum Gasteiger partial charge on any atom is 0.0764 e. The Morgan fingerprint density at radius 3 is 1.55 bits per heavy atom. The Hall–Kier alpha value is -0.170. The van der Waals surface area contributed by atoms with Crippen molar-refractivity contribution >= 4 is 10.4 Å². The lowest BCUT2D eigenvalue weighted by Crippen LogP contribution is -3.05. The second-order valence-corrected chi connectivity index (χ2v) is 3.18. The van der Waals surface area contributed by atoms with Crippen LogP contribution < -0.4 is 4.90 Å². The largest absolute Gasteiger partial charge is 0.759 e. The van der Waals surface area contributed by atoms with Gasteiger partial charge in [0.1, 0.15) is 0 Å². The van der Waals surface area contributed by atoms with Crippen LogP contribution in [-0.2, 0) is 10.4 Å². The molecule has 0 atom stereocenters. The summed E-state index contributed by atoms with van der Waals surface area (Å²) in [6.45, 7) is 3.49. The third-order valence-electron chi connectivity index (χ3n) is 0.750. The van der Waals surface area contributed by atoms with Gasteiger partial charge in [-0.1, -0.05) is 6.92 Å². The molecular weight excluding hydrogens is 170 g/mol. The van der Waals surface area contributed by atoms with Crippen LogP contribution in [0.3, 0.4) is 0 Å². The lowest BCUT2D eigenvalue weighted by atomic mass is 10.5. The van der Waals surface area contributed by atoms with Crippen molar-refractivity contribution in [2.24, 2.45) is 0 Å². The van der Waals surface area contributed by atoms with Crippen molar-refractivity contribution in [1.82, 2.24) is 0 Å².